The average molecular weight is 366 g/mol. The van der Waals surface area contributed by atoms with Gasteiger partial charge in [-0.25, -0.2) is 8.42 Å². The van der Waals surface area contributed by atoms with Crippen LogP contribution in [0.3, 0.4) is 0 Å². The second-order valence-corrected chi connectivity index (χ2v) is 9.13. The summed E-state index contributed by atoms with van der Waals surface area (Å²) in [5.74, 6) is 0.647. The molecule has 6 nitrogen and oxygen atoms in total. The molecule has 2 heterocycles. The third-order valence-corrected chi connectivity index (χ3v) is 6.72. The van der Waals surface area contributed by atoms with Gasteiger partial charge in [0.1, 0.15) is 0 Å². The van der Waals surface area contributed by atoms with Crippen molar-refractivity contribution in [3.63, 3.8) is 0 Å². The molecule has 138 valence electrons. The maximum Gasteiger partial charge on any atom is 0.254 e. The Hall–Kier alpha value is -1.44. The van der Waals surface area contributed by atoms with Crippen LogP contribution in [0.5, 0.6) is 0 Å². The van der Waals surface area contributed by atoms with Crippen LogP contribution in [0.25, 0.3) is 0 Å². The minimum Gasteiger partial charge on any atom is -0.378 e. The minimum absolute atomic E-state index is 0.0764. The Bertz CT molecular complexity index is 701. The topological polar surface area (TPSA) is 66.9 Å². The summed E-state index contributed by atoms with van der Waals surface area (Å²) < 4.78 is 32.6. The van der Waals surface area contributed by atoms with E-state index >= 15 is 0 Å². The monoisotopic (exact) mass is 366 g/mol. The van der Waals surface area contributed by atoms with E-state index in [-0.39, 0.29) is 10.8 Å². The summed E-state index contributed by atoms with van der Waals surface area (Å²) >= 11 is 0. The Morgan fingerprint density at radius 1 is 1.04 bits per heavy atom. The molecule has 0 bridgehead atoms. The van der Waals surface area contributed by atoms with Crippen molar-refractivity contribution in [3.8, 4) is 0 Å². The van der Waals surface area contributed by atoms with Crippen LogP contribution in [-0.4, -0.2) is 62.9 Å². The fourth-order valence-electron chi connectivity index (χ4n) is 3.67. The largest absolute Gasteiger partial charge is 0.378 e. The highest BCUT2D eigenvalue weighted by atomic mass is 32.2. The number of hydrogen-bond donors (Lipinski definition) is 0. The predicted molar refractivity (Wildman–Crippen MR) is 94.9 cm³/mol. The molecular weight excluding hydrogens is 340 g/mol. The molecule has 1 aromatic rings. The molecule has 0 N–H and O–H groups in total. The van der Waals surface area contributed by atoms with E-state index in [1.54, 1.807) is 33.5 Å². The Labute approximate surface area is 149 Å². The highest BCUT2D eigenvalue weighted by Gasteiger charge is 2.31. The van der Waals surface area contributed by atoms with Crippen LogP contribution >= 0.6 is 0 Å². The molecule has 0 radical (unpaired) electrons. The lowest BCUT2D eigenvalue weighted by atomic mass is 9.94. The van der Waals surface area contributed by atoms with E-state index in [4.69, 9.17) is 4.74 Å². The van der Waals surface area contributed by atoms with Gasteiger partial charge in [0.2, 0.25) is 10.0 Å². The van der Waals surface area contributed by atoms with Gasteiger partial charge in [-0.05, 0) is 42.5 Å². The fraction of sp³-hybridized carbons (Fsp3) is 0.611. The van der Waals surface area contributed by atoms with Crippen LogP contribution in [0.15, 0.2) is 29.2 Å². The minimum atomic E-state index is -3.51. The smallest absolute Gasteiger partial charge is 0.254 e. The van der Waals surface area contributed by atoms with Crippen molar-refractivity contribution in [1.29, 1.82) is 0 Å². The van der Waals surface area contributed by atoms with Gasteiger partial charge in [-0.15, -0.1) is 0 Å². The number of carbonyl (C=O) groups is 1. The highest BCUT2D eigenvalue weighted by Crippen LogP contribution is 2.26. The molecule has 0 saturated carbocycles. The summed E-state index contributed by atoms with van der Waals surface area (Å²) in [5, 5.41) is 0. The second kappa shape index (κ2) is 7.43. The zero-order valence-corrected chi connectivity index (χ0v) is 15.7. The van der Waals surface area contributed by atoms with Crippen LogP contribution in [0, 0.1) is 11.8 Å². The number of carbonyl (C=O) groups excluding carboxylic acids is 1. The lowest BCUT2D eigenvalue weighted by molar-refractivity contribution is 0.0303. The molecule has 2 aliphatic heterocycles. The van der Waals surface area contributed by atoms with Crippen molar-refractivity contribution in [2.75, 3.05) is 39.4 Å². The van der Waals surface area contributed by atoms with Crippen LogP contribution in [0.2, 0.25) is 0 Å². The first kappa shape index (κ1) is 18.4. The summed E-state index contributed by atoms with van der Waals surface area (Å²) in [7, 11) is -3.51. The lowest BCUT2D eigenvalue weighted by Gasteiger charge is -2.34. The molecule has 2 saturated heterocycles. The van der Waals surface area contributed by atoms with E-state index in [0.29, 0.717) is 56.8 Å². The molecule has 2 atom stereocenters. The summed E-state index contributed by atoms with van der Waals surface area (Å²) in [5.41, 5.74) is 0.515. The number of amides is 1. The van der Waals surface area contributed by atoms with Crippen LogP contribution in [0.4, 0.5) is 0 Å². The van der Waals surface area contributed by atoms with Crippen LogP contribution in [-0.2, 0) is 14.8 Å². The second-order valence-electron chi connectivity index (χ2n) is 7.20. The van der Waals surface area contributed by atoms with Crippen molar-refractivity contribution in [1.82, 2.24) is 9.21 Å². The van der Waals surface area contributed by atoms with Crippen LogP contribution < -0.4 is 0 Å². The van der Waals surface area contributed by atoms with E-state index in [2.05, 4.69) is 13.8 Å². The van der Waals surface area contributed by atoms with E-state index < -0.39 is 10.0 Å². The molecule has 0 aromatic heterocycles. The summed E-state index contributed by atoms with van der Waals surface area (Å²) in [6.45, 7) is 7.52. The number of morpholine rings is 1. The summed E-state index contributed by atoms with van der Waals surface area (Å²) in [6, 6.07) is 6.32. The predicted octanol–water partition coefficient (Wildman–Crippen LogP) is 1.83. The van der Waals surface area contributed by atoms with Gasteiger partial charge in [-0.3, -0.25) is 4.79 Å². The number of nitrogens with zero attached hydrogens (tertiary/aromatic N) is 2. The average Bonchev–Trinajstić information content (AvgIpc) is 2.61. The molecule has 2 fully saturated rings. The maximum absolute atomic E-state index is 12.9. The van der Waals surface area contributed by atoms with Gasteiger partial charge >= 0.3 is 0 Å². The Morgan fingerprint density at radius 2 is 1.60 bits per heavy atom. The molecule has 0 unspecified atom stereocenters. The zero-order chi connectivity index (χ0) is 18.0. The summed E-state index contributed by atoms with van der Waals surface area (Å²) in [6.07, 6.45) is 1.05. The van der Waals surface area contributed by atoms with Gasteiger partial charge in [0.25, 0.3) is 5.91 Å². The Balaban J connectivity index is 1.75. The van der Waals surface area contributed by atoms with Crippen molar-refractivity contribution >= 4 is 15.9 Å². The highest BCUT2D eigenvalue weighted by molar-refractivity contribution is 7.89. The van der Waals surface area contributed by atoms with E-state index in [1.165, 1.54) is 0 Å². The number of piperidine rings is 1. The van der Waals surface area contributed by atoms with Gasteiger partial charge in [0.15, 0.2) is 0 Å². The van der Waals surface area contributed by atoms with Gasteiger partial charge in [0, 0.05) is 31.7 Å². The molecule has 3 rings (SSSR count). The first-order valence-electron chi connectivity index (χ1n) is 8.85. The van der Waals surface area contributed by atoms with Gasteiger partial charge < -0.3 is 9.64 Å². The molecule has 2 aliphatic rings. The maximum atomic E-state index is 12.9. The standard InChI is InChI=1S/C18H26N2O4S/c1-14-11-15(2)13-20(12-14)25(22,23)17-5-3-16(4-6-17)18(21)19-7-9-24-10-8-19/h3-6,14-15H,7-13H2,1-2H3/t14-,15-/m0/s1. The van der Waals surface area contributed by atoms with E-state index in [9.17, 15) is 13.2 Å². The molecule has 1 amide bonds. The molecule has 7 heteroatoms. The van der Waals surface area contributed by atoms with Gasteiger partial charge in [0.05, 0.1) is 18.1 Å². The van der Waals surface area contributed by atoms with Crippen molar-refractivity contribution in [2.45, 2.75) is 25.2 Å². The van der Waals surface area contributed by atoms with Crippen molar-refractivity contribution in [3.05, 3.63) is 29.8 Å². The fourth-order valence-corrected chi connectivity index (χ4v) is 5.35. The quantitative estimate of drug-likeness (QED) is 0.818. The van der Waals surface area contributed by atoms with Crippen molar-refractivity contribution < 1.29 is 17.9 Å². The van der Waals surface area contributed by atoms with Gasteiger partial charge in [-0.2, -0.15) is 4.31 Å². The lowest BCUT2D eigenvalue weighted by Crippen LogP contribution is -2.42. The number of hydrogen-bond acceptors (Lipinski definition) is 4. The molecule has 0 spiro atoms. The van der Waals surface area contributed by atoms with Gasteiger partial charge in [-0.1, -0.05) is 13.8 Å². The number of rotatable bonds is 3. The Kier molecular flexibility index (Phi) is 5.46. The first-order chi connectivity index (χ1) is 11.9. The zero-order valence-electron chi connectivity index (χ0n) is 14.8. The number of benzene rings is 1. The van der Waals surface area contributed by atoms with Crippen molar-refractivity contribution in [2.24, 2.45) is 11.8 Å². The molecule has 1 aromatic carbocycles. The molecular formula is C18H26N2O4S. The molecule has 25 heavy (non-hydrogen) atoms. The van der Waals surface area contributed by atoms with Crippen LogP contribution in [0.1, 0.15) is 30.6 Å². The Morgan fingerprint density at radius 3 is 2.16 bits per heavy atom. The molecule has 0 aliphatic carbocycles. The number of ether oxygens (including phenoxy) is 1. The normalized spacial score (nSPS) is 25.8. The third-order valence-electron chi connectivity index (χ3n) is 4.87. The SMILES string of the molecule is C[C@H]1C[C@H](C)CN(S(=O)(=O)c2ccc(C(=O)N3CCOCC3)cc2)C1. The number of sulfonamides is 1. The van der Waals surface area contributed by atoms with E-state index in [1.807, 2.05) is 0 Å². The third kappa shape index (κ3) is 4.04. The van der Waals surface area contributed by atoms with E-state index in [0.717, 1.165) is 6.42 Å². The first-order valence-corrected chi connectivity index (χ1v) is 10.3. The summed E-state index contributed by atoms with van der Waals surface area (Å²) in [4.78, 5) is 14.5.